The Bertz CT molecular complexity index is 1030. The highest BCUT2D eigenvalue weighted by Gasteiger charge is 2.32. The number of hydrogen-bond acceptors (Lipinski definition) is 4. The summed E-state index contributed by atoms with van der Waals surface area (Å²) in [5, 5.41) is 11.6. The van der Waals surface area contributed by atoms with Gasteiger partial charge in [-0.3, -0.25) is 4.79 Å². The number of halogens is 1. The van der Waals surface area contributed by atoms with Gasteiger partial charge in [0.05, 0.1) is 27.3 Å². The molecule has 2 heterocycles. The topological polar surface area (TPSA) is 74.8 Å². The molecule has 1 aromatic heterocycles. The van der Waals surface area contributed by atoms with E-state index in [0.29, 0.717) is 29.3 Å². The first-order valence-corrected chi connectivity index (χ1v) is 9.30. The van der Waals surface area contributed by atoms with E-state index < -0.39 is 6.10 Å². The molecule has 1 atom stereocenters. The number of carbonyl (C=O) groups excluding carboxylic acids is 1. The number of amides is 1. The molecule has 0 aliphatic carbocycles. The van der Waals surface area contributed by atoms with Crippen molar-refractivity contribution in [3.05, 3.63) is 57.7 Å². The predicted octanol–water partition coefficient (Wildman–Crippen LogP) is 3.64. The summed E-state index contributed by atoms with van der Waals surface area (Å²) < 4.78 is 11.8. The molecular weight excluding hydrogens is 412 g/mol. The zero-order chi connectivity index (χ0) is 19.1. The average Bonchev–Trinajstić information content (AvgIpc) is 3.09. The Morgan fingerprint density at radius 2 is 1.93 bits per heavy atom. The normalized spacial score (nSPS) is 16.3. The van der Waals surface area contributed by atoms with Crippen LogP contribution in [0.2, 0.25) is 0 Å². The zero-order valence-electron chi connectivity index (χ0n) is 15.0. The van der Waals surface area contributed by atoms with Crippen LogP contribution in [0.15, 0.2) is 40.9 Å². The maximum absolute atomic E-state index is 13.1. The fourth-order valence-corrected chi connectivity index (χ4v) is 3.98. The molecular formula is C20H19BrN2O4. The quantitative estimate of drug-likeness (QED) is 0.664. The molecule has 1 aliphatic heterocycles. The smallest absolute Gasteiger partial charge is 0.270 e. The van der Waals surface area contributed by atoms with Gasteiger partial charge in [-0.15, -0.1) is 0 Å². The molecule has 6 nitrogen and oxygen atoms in total. The summed E-state index contributed by atoms with van der Waals surface area (Å²) in [7, 11) is 3.14. The standard InChI is InChI=1S/C20H19BrN2O4/c1-26-17-5-6-18(27-2)19-13(17)9-23(10-16(19)24)20(25)15-7-11-3-4-12(21)8-14(11)22-15/h3-8,16,22,24H,9-10H2,1-2H3. The number of aliphatic hydroxyl groups is 1. The minimum Gasteiger partial charge on any atom is -0.496 e. The molecule has 140 valence electrons. The van der Waals surface area contributed by atoms with E-state index in [0.717, 1.165) is 20.9 Å². The van der Waals surface area contributed by atoms with Crippen molar-refractivity contribution in [2.75, 3.05) is 20.8 Å². The Kier molecular flexibility index (Phi) is 4.57. The Morgan fingerprint density at radius 1 is 1.19 bits per heavy atom. The number of β-amino-alcohol motifs (C(OH)–C–C–N with tert-alkyl or cyclic N) is 1. The first-order valence-electron chi connectivity index (χ1n) is 8.51. The minimum absolute atomic E-state index is 0.170. The van der Waals surface area contributed by atoms with Gasteiger partial charge < -0.3 is 24.5 Å². The van der Waals surface area contributed by atoms with Crippen LogP contribution in [0.3, 0.4) is 0 Å². The molecule has 2 aromatic carbocycles. The molecule has 0 spiro atoms. The van der Waals surface area contributed by atoms with Gasteiger partial charge in [0.1, 0.15) is 23.3 Å². The summed E-state index contributed by atoms with van der Waals surface area (Å²) in [5.74, 6) is 1.06. The van der Waals surface area contributed by atoms with E-state index in [1.807, 2.05) is 24.3 Å². The summed E-state index contributed by atoms with van der Waals surface area (Å²) in [6, 6.07) is 11.2. The van der Waals surface area contributed by atoms with Crippen molar-refractivity contribution in [1.82, 2.24) is 9.88 Å². The van der Waals surface area contributed by atoms with Gasteiger partial charge in [-0.1, -0.05) is 22.0 Å². The number of carbonyl (C=O) groups is 1. The van der Waals surface area contributed by atoms with E-state index >= 15 is 0 Å². The molecule has 1 unspecified atom stereocenters. The van der Waals surface area contributed by atoms with Crippen LogP contribution in [0.1, 0.15) is 27.7 Å². The van der Waals surface area contributed by atoms with Gasteiger partial charge in [-0.05, 0) is 30.3 Å². The highest BCUT2D eigenvalue weighted by molar-refractivity contribution is 9.10. The lowest BCUT2D eigenvalue weighted by Gasteiger charge is -2.33. The molecule has 0 saturated heterocycles. The van der Waals surface area contributed by atoms with Crippen LogP contribution in [0, 0.1) is 0 Å². The number of methoxy groups -OCH3 is 2. The van der Waals surface area contributed by atoms with Gasteiger partial charge in [-0.25, -0.2) is 0 Å². The first-order chi connectivity index (χ1) is 13.0. The molecule has 4 rings (SSSR count). The van der Waals surface area contributed by atoms with Gasteiger partial charge in [0, 0.05) is 26.5 Å². The second-order valence-electron chi connectivity index (χ2n) is 6.48. The third-order valence-corrected chi connectivity index (χ3v) is 5.38. The summed E-state index contributed by atoms with van der Waals surface area (Å²) in [6.45, 7) is 0.527. The number of benzene rings is 2. The Hall–Kier alpha value is -2.51. The van der Waals surface area contributed by atoms with Crippen LogP contribution in [0.25, 0.3) is 10.9 Å². The summed E-state index contributed by atoms with van der Waals surface area (Å²) in [4.78, 5) is 17.8. The first kappa shape index (κ1) is 17.9. The monoisotopic (exact) mass is 430 g/mol. The SMILES string of the molecule is COc1ccc(OC)c2c1CN(C(=O)c1cc3ccc(Br)cc3[nH]1)CC2O. The highest BCUT2D eigenvalue weighted by atomic mass is 79.9. The molecule has 3 aromatic rings. The number of fused-ring (bicyclic) bond motifs is 2. The lowest BCUT2D eigenvalue weighted by Crippen LogP contribution is -2.38. The third kappa shape index (κ3) is 3.07. The van der Waals surface area contributed by atoms with Crippen LogP contribution in [-0.2, 0) is 6.54 Å². The maximum atomic E-state index is 13.1. The molecule has 1 aliphatic rings. The Labute approximate surface area is 164 Å². The van der Waals surface area contributed by atoms with E-state index in [-0.39, 0.29) is 12.5 Å². The number of rotatable bonds is 3. The van der Waals surface area contributed by atoms with E-state index in [1.165, 1.54) is 0 Å². The third-order valence-electron chi connectivity index (χ3n) is 4.89. The van der Waals surface area contributed by atoms with Crippen LogP contribution in [0.4, 0.5) is 0 Å². The van der Waals surface area contributed by atoms with Crippen molar-refractivity contribution >= 4 is 32.7 Å². The van der Waals surface area contributed by atoms with Gasteiger partial charge in [-0.2, -0.15) is 0 Å². The molecule has 0 fully saturated rings. The van der Waals surface area contributed by atoms with Crippen LogP contribution in [0.5, 0.6) is 11.5 Å². The number of ether oxygens (including phenoxy) is 2. The summed E-state index contributed by atoms with van der Waals surface area (Å²) in [5.41, 5.74) is 2.81. The largest absolute Gasteiger partial charge is 0.496 e. The molecule has 1 amide bonds. The van der Waals surface area contributed by atoms with E-state index in [4.69, 9.17) is 9.47 Å². The van der Waals surface area contributed by atoms with Crippen molar-refractivity contribution in [2.45, 2.75) is 12.6 Å². The van der Waals surface area contributed by atoms with Gasteiger partial charge in [0.15, 0.2) is 0 Å². The number of nitrogens with one attached hydrogen (secondary N) is 1. The Morgan fingerprint density at radius 3 is 2.67 bits per heavy atom. The number of aromatic nitrogens is 1. The lowest BCUT2D eigenvalue weighted by molar-refractivity contribution is 0.0534. The zero-order valence-corrected chi connectivity index (χ0v) is 16.5. The molecule has 0 saturated carbocycles. The van der Waals surface area contributed by atoms with E-state index in [9.17, 15) is 9.90 Å². The van der Waals surface area contributed by atoms with Crippen molar-refractivity contribution in [2.24, 2.45) is 0 Å². The number of hydrogen-bond donors (Lipinski definition) is 2. The maximum Gasteiger partial charge on any atom is 0.270 e. The van der Waals surface area contributed by atoms with Crippen LogP contribution < -0.4 is 9.47 Å². The van der Waals surface area contributed by atoms with Gasteiger partial charge >= 0.3 is 0 Å². The lowest BCUT2D eigenvalue weighted by atomic mass is 9.95. The number of aromatic amines is 1. The van der Waals surface area contributed by atoms with Crippen molar-refractivity contribution in [3.63, 3.8) is 0 Å². The highest BCUT2D eigenvalue weighted by Crippen LogP contribution is 2.39. The van der Waals surface area contributed by atoms with Gasteiger partial charge in [0.25, 0.3) is 5.91 Å². The number of aliphatic hydroxyl groups excluding tert-OH is 1. The number of nitrogens with zero attached hydrogens (tertiary/aromatic N) is 1. The minimum atomic E-state index is -0.846. The van der Waals surface area contributed by atoms with E-state index in [2.05, 4.69) is 20.9 Å². The molecule has 7 heteroatoms. The van der Waals surface area contributed by atoms with Crippen molar-refractivity contribution in [1.29, 1.82) is 0 Å². The Balaban J connectivity index is 1.70. The second kappa shape index (κ2) is 6.90. The van der Waals surface area contributed by atoms with Crippen molar-refractivity contribution in [3.8, 4) is 11.5 Å². The summed E-state index contributed by atoms with van der Waals surface area (Å²) in [6.07, 6.45) is -0.846. The fraction of sp³-hybridized carbons (Fsp3) is 0.250. The van der Waals surface area contributed by atoms with Crippen LogP contribution in [-0.4, -0.2) is 41.7 Å². The molecule has 0 radical (unpaired) electrons. The molecule has 27 heavy (non-hydrogen) atoms. The van der Waals surface area contributed by atoms with Crippen molar-refractivity contribution < 1.29 is 19.4 Å². The fourth-order valence-electron chi connectivity index (χ4n) is 3.62. The second-order valence-corrected chi connectivity index (χ2v) is 7.39. The average molecular weight is 431 g/mol. The van der Waals surface area contributed by atoms with Gasteiger partial charge in [0.2, 0.25) is 0 Å². The van der Waals surface area contributed by atoms with E-state index in [1.54, 1.807) is 31.3 Å². The molecule has 0 bridgehead atoms. The summed E-state index contributed by atoms with van der Waals surface area (Å²) >= 11 is 3.44. The predicted molar refractivity (Wildman–Crippen MR) is 105 cm³/mol. The number of H-pyrrole nitrogens is 1. The van der Waals surface area contributed by atoms with Crippen LogP contribution >= 0.6 is 15.9 Å². The molecule has 2 N–H and O–H groups in total.